The van der Waals surface area contributed by atoms with Crippen molar-refractivity contribution in [2.75, 3.05) is 20.1 Å². The molecule has 2 aliphatic carbocycles. The van der Waals surface area contributed by atoms with E-state index < -0.39 is 0 Å². The van der Waals surface area contributed by atoms with Crippen LogP contribution in [0.4, 0.5) is 0 Å². The average Bonchev–Trinajstić information content (AvgIpc) is 3.59. The van der Waals surface area contributed by atoms with E-state index in [9.17, 15) is 9.90 Å². The fraction of sp³-hybridized carbons (Fsp3) is 0.424. The van der Waals surface area contributed by atoms with Gasteiger partial charge in [0.2, 0.25) is 5.91 Å². The number of likely N-dealkylation sites (N-methyl/N-ethyl adjacent to an activating group) is 1. The molecule has 5 atom stereocenters. The number of hydrogen-bond acceptors (Lipinski definition) is 5. The Morgan fingerprint density at radius 2 is 2.03 bits per heavy atom. The van der Waals surface area contributed by atoms with Crippen molar-refractivity contribution < 1.29 is 19.1 Å². The molecule has 1 saturated heterocycles. The molecule has 6 nitrogen and oxygen atoms in total. The summed E-state index contributed by atoms with van der Waals surface area (Å²) in [4.78, 5) is 17.9. The summed E-state index contributed by atoms with van der Waals surface area (Å²) in [5, 5.41) is 10.9. The third-order valence-corrected chi connectivity index (χ3v) is 10.4. The summed E-state index contributed by atoms with van der Waals surface area (Å²) in [7, 11) is 1.90. The first-order valence-electron chi connectivity index (χ1n) is 14.2. The van der Waals surface area contributed by atoms with Crippen molar-refractivity contribution in [2.45, 2.75) is 62.6 Å². The molecule has 7 rings (SSSR count). The lowest BCUT2D eigenvalue weighted by Gasteiger charge is -2.66. The van der Waals surface area contributed by atoms with Gasteiger partial charge in [-0.25, -0.2) is 0 Å². The normalized spacial score (nSPS) is 30.7. The van der Waals surface area contributed by atoms with Gasteiger partial charge in [0.25, 0.3) is 0 Å². The zero-order valence-electron chi connectivity index (χ0n) is 22.7. The maximum Gasteiger partial charge on any atom is 0.246 e. The van der Waals surface area contributed by atoms with E-state index in [2.05, 4.69) is 48.2 Å². The van der Waals surface area contributed by atoms with Crippen molar-refractivity contribution in [1.82, 2.24) is 9.80 Å². The second kappa shape index (κ2) is 9.02. The molecule has 6 heteroatoms. The summed E-state index contributed by atoms with van der Waals surface area (Å²) in [6.07, 6.45) is 11.3. The topological polar surface area (TPSA) is 66.2 Å². The number of benzene rings is 2. The molecule has 1 aromatic heterocycles. The summed E-state index contributed by atoms with van der Waals surface area (Å²) in [5.41, 5.74) is 4.52. The molecule has 1 N–H and O–H groups in total. The highest BCUT2D eigenvalue weighted by atomic mass is 16.5. The minimum atomic E-state index is -0.228. The van der Waals surface area contributed by atoms with Crippen molar-refractivity contribution in [2.24, 2.45) is 5.41 Å². The van der Waals surface area contributed by atoms with Crippen LogP contribution in [0, 0.1) is 5.41 Å². The molecule has 2 bridgehead atoms. The number of likely N-dealkylation sites (tertiary alicyclic amines) is 1. The molecule has 1 saturated carbocycles. The Morgan fingerprint density at radius 3 is 2.82 bits per heavy atom. The number of phenols is 1. The van der Waals surface area contributed by atoms with Crippen LogP contribution in [0.15, 0.2) is 71.6 Å². The van der Waals surface area contributed by atoms with E-state index in [1.54, 1.807) is 30.7 Å². The van der Waals surface area contributed by atoms with Gasteiger partial charge in [-0.1, -0.05) is 43.3 Å². The van der Waals surface area contributed by atoms with E-state index in [-0.39, 0.29) is 34.6 Å². The predicted molar refractivity (Wildman–Crippen MR) is 150 cm³/mol. The van der Waals surface area contributed by atoms with Crippen LogP contribution in [-0.4, -0.2) is 59.1 Å². The first-order valence-corrected chi connectivity index (χ1v) is 14.2. The molecule has 1 spiro atoms. The van der Waals surface area contributed by atoms with E-state index in [0.29, 0.717) is 11.8 Å². The van der Waals surface area contributed by atoms with Gasteiger partial charge in [-0.05, 0) is 73.4 Å². The van der Waals surface area contributed by atoms with Gasteiger partial charge in [-0.15, -0.1) is 0 Å². The van der Waals surface area contributed by atoms with Crippen LogP contribution >= 0.6 is 0 Å². The molecule has 3 heterocycles. The van der Waals surface area contributed by atoms with Crippen molar-refractivity contribution in [1.29, 1.82) is 0 Å². The fourth-order valence-electron chi connectivity index (χ4n) is 8.46. The zero-order chi connectivity index (χ0) is 26.8. The summed E-state index contributed by atoms with van der Waals surface area (Å²) in [5.74, 6) is 0.830. The monoisotopic (exact) mass is 524 g/mol. The highest BCUT2D eigenvalue weighted by Gasteiger charge is 2.71. The molecule has 1 amide bonds. The Labute approximate surface area is 229 Å². The number of furan rings is 1. The van der Waals surface area contributed by atoms with Gasteiger partial charge in [-0.3, -0.25) is 9.69 Å². The van der Waals surface area contributed by atoms with Gasteiger partial charge in [0.1, 0.15) is 6.10 Å². The fourth-order valence-corrected chi connectivity index (χ4v) is 8.46. The summed E-state index contributed by atoms with van der Waals surface area (Å²) in [6, 6.07) is 16.8. The van der Waals surface area contributed by atoms with E-state index >= 15 is 0 Å². The van der Waals surface area contributed by atoms with E-state index in [4.69, 9.17) is 9.15 Å². The van der Waals surface area contributed by atoms with Gasteiger partial charge in [0.15, 0.2) is 11.5 Å². The van der Waals surface area contributed by atoms with Crippen molar-refractivity contribution in [3.8, 4) is 11.5 Å². The summed E-state index contributed by atoms with van der Waals surface area (Å²) >= 11 is 0. The quantitative estimate of drug-likeness (QED) is 0.449. The molecular formula is C33H36N2O4. The van der Waals surface area contributed by atoms with Gasteiger partial charge >= 0.3 is 0 Å². The first-order chi connectivity index (χ1) is 18.9. The Morgan fingerprint density at radius 1 is 1.18 bits per heavy atom. The molecule has 0 unspecified atom stereocenters. The lowest BCUT2D eigenvalue weighted by Crippen LogP contribution is -2.73. The molecule has 4 aliphatic rings. The Hall–Kier alpha value is -3.51. The second-order valence-corrected chi connectivity index (χ2v) is 12.1. The summed E-state index contributed by atoms with van der Waals surface area (Å²) in [6.45, 7) is 4.49. The maximum absolute atomic E-state index is 13.3. The third kappa shape index (κ3) is 3.53. The molecule has 2 aromatic carbocycles. The molecule has 39 heavy (non-hydrogen) atoms. The van der Waals surface area contributed by atoms with Gasteiger partial charge < -0.3 is 19.2 Å². The number of amides is 1. The van der Waals surface area contributed by atoms with Crippen LogP contribution in [0.5, 0.6) is 11.5 Å². The Bertz CT molecular complexity index is 1420. The highest BCUT2D eigenvalue weighted by molar-refractivity contribution is 5.91. The Kier molecular flexibility index (Phi) is 5.67. The van der Waals surface area contributed by atoms with Crippen LogP contribution in [0.25, 0.3) is 6.08 Å². The van der Waals surface area contributed by atoms with E-state index in [0.717, 1.165) is 50.8 Å². The number of piperidine rings is 1. The largest absolute Gasteiger partial charge is 0.504 e. The number of ether oxygens (including phenoxy) is 1. The van der Waals surface area contributed by atoms with Crippen LogP contribution in [0.2, 0.25) is 0 Å². The molecule has 0 radical (unpaired) electrons. The van der Waals surface area contributed by atoms with Crippen LogP contribution in [0.1, 0.15) is 48.4 Å². The van der Waals surface area contributed by atoms with Crippen molar-refractivity contribution >= 4 is 12.0 Å². The minimum Gasteiger partial charge on any atom is -0.504 e. The zero-order valence-corrected chi connectivity index (χ0v) is 22.7. The van der Waals surface area contributed by atoms with Gasteiger partial charge in [0, 0.05) is 42.3 Å². The standard InChI is InChI=1S/C33H36N2O4/c1-32-15-12-25(34(2)28(37)11-8-23-14-19-38-21-23)31-33(32)16-18-35(17-13-22-6-4-3-5-7-22)27(32)20-24-9-10-26(36)30(39-31)29(24)33/h3-11,14,19,21,25,27,31,36H,12-13,15-18,20H2,1-2H3/b11-8+/t25-,27+,31-,32-,33-/m0/s1. The van der Waals surface area contributed by atoms with E-state index in [1.165, 1.54) is 16.7 Å². The van der Waals surface area contributed by atoms with Gasteiger partial charge in [0.05, 0.1) is 18.6 Å². The number of carbonyl (C=O) groups excluding carboxylic acids is 1. The number of phenolic OH excluding ortho intramolecular Hbond substituents is 1. The highest BCUT2D eigenvalue weighted by Crippen LogP contribution is 2.69. The smallest absolute Gasteiger partial charge is 0.246 e. The first kappa shape index (κ1) is 24.5. The molecule has 2 aliphatic heterocycles. The maximum atomic E-state index is 13.3. The summed E-state index contributed by atoms with van der Waals surface area (Å²) < 4.78 is 11.9. The van der Waals surface area contributed by atoms with E-state index in [1.807, 2.05) is 18.0 Å². The van der Waals surface area contributed by atoms with Crippen LogP contribution in [0.3, 0.4) is 0 Å². The lowest BCUT2D eigenvalue weighted by molar-refractivity contribution is -0.150. The molecule has 202 valence electrons. The number of hydrogen-bond donors (Lipinski definition) is 1. The van der Waals surface area contributed by atoms with Crippen molar-refractivity contribution in [3.05, 3.63) is 89.4 Å². The van der Waals surface area contributed by atoms with Crippen molar-refractivity contribution in [3.63, 3.8) is 0 Å². The minimum absolute atomic E-state index is 0.00827. The second-order valence-electron chi connectivity index (χ2n) is 12.1. The lowest BCUT2D eigenvalue weighted by atomic mass is 9.43. The van der Waals surface area contributed by atoms with Crippen LogP contribution in [-0.2, 0) is 23.1 Å². The molecule has 2 fully saturated rings. The molecular weight excluding hydrogens is 488 g/mol. The number of carbonyl (C=O) groups is 1. The number of rotatable bonds is 6. The van der Waals surface area contributed by atoms with Crippen LogP contribution < -0.4 is 4.74 Å². The number of aromatic hydroxyl groups is 1. The molecule has 3 aromatic rings. The third-order valence-electron chi connectivity index (χ3n) is 10.4. The predicted octanol–water partition coefficient (Wildman–Crippen LogP) is 5.20. The average molecular weight is 525 g/mol. The van der Waals surface area contributed by atoms with Gasteiger partial charge in [-0.2, -0.15) is 0 Å². The Balaban J connectivity index is 1.23. The SMILES string of the molecule is CN(C(=O)/C=C/c1ccoc1)[C@H]1CC[C@@]2(C)[C@H]3Cc4ccc(O)c5c4[C@@]2(CCN3CCc2ccccc2)[C@H]1O5. The number of nitrogens with zero attached hydrogens (tertiary/aromatic N) is 2.